The van der Waals surface area contributed by atoms with Gasteiger partial charge in [0.2, 0.25) is 0 Å². The topological polar surface area (TPSA) is 43.8 Å². The summed E-state index contributed by atoms with van der Waals surface area (Å²) in [6.07, 6.45) is 0. The van der Waals surface area contributed by atoms with Crippen molar-refractivity contribution in [3.05, 3.63) is 11.1 Å². The number of guanidine groups is 1. The van der Waals surface area contributed by atoms with Gasteiger partial charge in [-0.05, 0) is 13.8 Å². The molecule has 0 radical (unpaired) electrons. The van der Waals surface area contributed by atoms with Crippen LogP contribution in [0, 0.1) is 5.41 Å². The van der Waals surface area contributed by atoms with Crippen LogP contribution < -0.4 is 10.2 Å². The lowest BCUT2D eigenvalue weighted by molar-refractivity contribution is -0.0668. The summed E-state index contributed by atoms with van der Waals surface area (Å²) in [5.74, 6) is 0.957. The summed E-state index contributed by atoms with van der Waals surface area (Å²) >= 11 is 1.67. The first-order chi connectivity index (χ1) is 9.69. The van der Waals surface area contributed by atoms with Crippen LogP contribution in [0.5, 0.6) is 0 Å². The molecular formula is C15H28IN5S. The molecule has 0 saturated carbocycles. The largest absolute Gasteiger partial charge is 0.354 e. The second-order valence-corrected chi connectivity index (χ2v) is 7.78. The van der Waals surface area contributed by atoms with Gasteiger partial charge in [0.25, 0.3) is 0 Å². The predicted molar refractivity (Wildman–Crippen MR) is 107 cm³/mol. The first kappa shape index (κ1) is 19.5. The van der Waals surface area contributed by atoms with Gasteiger partial charge >= 0.3 is 0 Å². The van der Waals surface area contributed by atoms with Gasteiger partial charge in [-0.3, -0.25) is 4.99 Å². The molecule has 2 rings (SSSR count). The van der Waals surface area contributed by atoms with Crippen molar-refractivity contribution in [3.8, 4) is 0 Å². The lowest BCUT2D eigenvalue weighted by Gasteiger charge is -2.62. The first-order valence-electron chi connectivity index (χ1n) is 7.29. The Morgan fingerprint density at radius 1 is 1.41 bits per heavy atom. The summed E-state index contributed by atoms with van der Waals surface area (Å²) < 4.78 is 0. The van der Waals surface area contributed by atoms with Crippen molar-refractivity contribution in [1.29, 1.82) is 0 Å². The highest BCUT2D eigenvalue weighted by Crippen LogP contribution is 2.46. The Balaban J connectivity index is 0.00000242. The number of nitrogens with one attached hydrogen (secondary N) is 1. The average Bonchev–Trinajstić information content (AvgIpc) is 2.87. The number of hydrogen-bond donors (Lipinski definition) is 1. The molecule has 1 fully saturated rings. The van der Waals surface area contributed by atoms with Crippen molar-refractivity contribution in [2.24, 2.45) is 10.4 Å². The molecule has 0 bridgehead atoms. The number of thiazole rings is 1. The van der Waals surface area contributed by atoms with E-state index < -0.39 is 0 Å². The molecule has 1 N–H and O–H groups in total. The van der Waals surface area contributed by atoms with E-state index in [0.717, 1.165) is 23.3 Å². The zero-order valence-corrected chi connectivity index (χ0v) is 17.7. The Kier molecular flexibility index (Phi) is 6.11. The summed E-state index contributed by atoms with van der Waals surface area (Å²) in [5, 5.41) is 6.57. The molecule has 5 nitrogen and oxygen atoms in total. The smallest absolute Gasteiger partial charge is 0.194 e. The number of halogens is 1. The second-order valence-electron chi connectivity index (χ2n) is 6.95. The number of anilines is 1. The van der Waals surface area contributed by atoms with Gasteiger partial charge in [-0.15, -0.1) is 35.3 Å². The van der Waals surface area contributed by atoms with Crippen LogP contribution in [0.1, 0.15) is 33.4 Å². The van der Waals surface area contributed by atoms with Gasteiger partial charge in [-0.2, -0.15) is 0 Å². The Bertz CT molecular complexity index is 536. The highest BCUT2D eigenvalue weighted by molar-refractivity contribution is 14.0. The summed E-state index contributed by atoms with van der Waals surface area (Å²) in [5.41, 5.74) is 1.48. The van der Waals surface area contributed by atoms with Crippen LogP contribution in [-0.2, 0) is 6.54 Å². The van der Waals surface area contributed by atoms with Crippen LogP contribution in [0.4, 0.5) is 5.13 Å². The van der Waals surface area contributed by atoms with Gasteiger partial charge in [-0.25, -0.2) is 4.98 Å². The normalized spacial score (nSPS) is 19.2. The van der Waals surface area contributed by atoms with Gasteiger partial charge in [0.05, 0.1) is 12.2 Å². The molecule has 0 aliphatic carbocycles. The number of nitrogens with zero attached hydrogens (tertiary/aromatic N) is 4. The van der Waals surface area contributed by atoms with Crippen molar-refractivity contribution in [1.82, 2.24) is 15.2 Å². The minimum Gasteiger partial charge on any atom is -0.354 e. The summed E-state index contributed by atoms with van der Waals surface area (Å²) in [6, 6.07) is 0. The van der Waals surface area contributed by atoms with Gasteiger partial charge in [0, 0.05) is 44.0 Å². The van der Waals surface area contributed by atoms with Crippen LogP contribution in [0.2, 0.25) is 0 Å². The molecule has 0 spiro atoms. The second kappa shape index (κ2) is 6.90. The quantitative estimate of drug-likeness (QED) is 0.449. The molecule has 0 unspecified atom stereocenters. The molecule has 0 amide bonds. The fraction of sp³-hybridized carbons (Fsp3) is 0.733. The van der Waals surface area contributed by atoms with E-state index in [4.69, 9.17) is 0 Å². The summed E-state index contributed by atoms with van der Waals surface area (Å²) in [4.78, 5) is 13.4. The Morgan fingerprint density at radius 3 is 2.45 bits per heavy atom. The number of likely N-dealkylation sites (tertiary alicyclic amines) is 1. The zero-order valence-electron chi connectivity index (χ0n) is 14.6. The molecule has 22 heavy (non-hydrogen) atoms. The third-order valence-electron chi connectivity index (χ3n) is 4.70. The van der Waals surface area contributed by atoms with Crippen LogP contribution >= 0.6 is 35.3 Å². The van der Waals surface area contributed by atoms with Crippen molar-refractivity contribution < 1.29 is 0 Å². The zero-order chi connectivity index (χ0) is 15.8. The van der Waals surface area contributed by atoms with Crippen molar-refractivity contribution in [3.63, 3.8) is 0 Å². The maximum absolute atomic E-state index is 4.59. The van der Waals surface area contributed by atoms with Gasteiger partial charge in [0.15, 0.2) is 11.1 Å². The van der Waals surface area contributed by atoms with E-state index in [1.807, 2.05) is 26.0 Å². The van der Waals surface area contributed by atoms with E-state index in [9.17, 15) is 0 Å². The molecule has 7 heteroatoms. The van der Waals surface area contributed by atoms with Crippen LogP contribution in [-0.4, -0.2) is 49.1 Å². The van der Waals surface area contributed by atoms with Crippen molar-refractivity contribution in [2.75, 3.05) is 32.6 Å². The number of aliphatic imine (C=N–C) groups is 1. The molecule has 0 atom stereocenters. The average molecular weight is 437 g/mol. The fourth-order valence-electron chi connectivity index (χ4n) is 2.45. The van der Waals surface area contributed by atoms with Gasteiger partial charge in [-0.1, -0.05) is 13.8 Å². The molecular weight excluding hydrogens is 409 g/mol. The molecule has 1 aliphatic rings. The maximum Gasteiger partial charge on any atom is 0.194 e. The van der Waals surface area contributed by atoms with Gasteiger partial charge in [0.1, 0.15) is 0 Å². The van der Waals surface area contributed by atoms with Crippen molar-refractivity contribution in [2.45, 2.75) is 39.8 Å². The van der Waals surface area contributed by atoms with E-state index in [1.54, 1.807) is 11.3 Å². The minimum atomic E-state index is 0. The molecule has 1 aromatic rings. The number of hydrogen-bond acceptors (Lipinski definition) is 4. The molecule has 2 heterocycles. The molecule has 1 aromatic heterocycles. The third kappa shape index (κ3) is 3.50. The van der Waals surface area contributed by atoms with E-state index in [1.165, 1.54) is 0 Å². The lowest BCUT2D eigenvalue weighted by atomic mass is 9.65. The SMILES string of the molecule is CN=C(NCc1csc(N(C)C)n1)N1CC(C)(C)C1(C)C.I. The first-order valence-corrected chi connectivity index (χ1v) is 8.17. The number of aromatic nitrogens is 1. The Morgan fingerprint density at radius 2 is 2.05 bits per heavy atom. The molecule has 1 saturated heterocycles. The van der Waals surface area contributed by atoms with E-state index in [0.29, 0.717) is 12.0 Å². The maximum atomic E-state index is 4.59. The predicted octanol–water partition coefficient (Wildman–Crippen LogP) is 3.02. The Labute approximate surface area is 155 Å². The number of rotatable bonds is 3. The van der Waals surface area contributed by atoms with Crippen LogP contribution in [0.3, 0.4) is 0 Å². The lowest BCUT2D eigenvalue weighted by Crippen LogP contribution is -2.72. The standard InChI is InChI=1S/C15H27N5S.HI/c1-14(2)10-20(15(14,3)4)12(16-5)17-8-11-9-21-13(18-11)19(6)7;/h9H,8,10H2,1-7H3,(H,16,17);1H. The monoisotopic (exact) mass is 437 g/mol. The third-order valence-corrected chi connectivity index (χ3v) is 5.76. The molecule has 1 aliphatic heterocycles. The van der Waals surface area contributed by atoms with Crippen LogP contribution in [0.15, 0.2) is 10.4 Å². The minimum absolute atomic E-state index is 0. The summed E-state index contributed by atoms with van der Waals surface area (Å²) in [7, 11) is 5.87. The fourth-order valence-corrected chi connectivity index (χ4v) is 3.21. The van der Waals surface area contributed by atoms with E-state index >= 15 is 0 Å². The highest BCUT2D eigenvalue weighted by atomic mass is 127. The van der Waals surface area contributed by atoms with Gasteiger partial charge < -0.3 is 15.1 Å². The van der Waals surface area contributed by atoms with E-state index in [-0.39, 0.29) is 29.5 Å². The van der Waals surface area contributed by atoms with Crippen molar-refractivity contribution >= 4 is 46.4 Å². The van der Waals surface area contributed by atoms with E-state index in [2.05, 4.69) is 53.3 Å². The molecule has 126 valence electrons. The highest BCUT2D eigenvalue weighted by Gasteiger charge is 2.53. The van der Waals surface area contributed by atoms with Crippen LogP contribution in [0.25, 0.3) is 0 Å². The Hall–Kier alpha value is -0.570. The molecule has 0 aromatic carbocycles. The summed E-state index contributed by atoms with van der Waals surface area (Å²) in [6.45, 7) is 10.9.